The van der Waals surface area contributed by atoms with Crippen molar-refractivity contribution in [3.8, 4) is 0 Å². The van der Waals surface area contributed by atoms with Crippen LogP contribution in [0.5, 0.6) is 0 Å². The van der Waals surface area contributed by atoms with Crippen molar-refractivity contribution in [3.63, 3.8) is 0 Å². The Morgan fingerprint density at radius 2 is 2.32 bits per heavy atom. The van der Waals surface area contributed by atoms with Crippen LogP contribution in [0.4, 0.5) is 0 Å². The van der Waals surface area contributed by atoms with Crippen LogP contribution in [-0.4, -0.2) is 16.1 Å². The van der Waals surface area contributed by atoms with Gasteiger partial charge >= 0.3 is 0 Å². The summed E-state index contributed by atoms with van der Waals surface area (Å²) in [5.41, 5.74) is 4.12. The van der Waals surface area contributed by atoms with E-state index in [0.717, 1.165) is 18.8 Å². The molecule has 3 nitrogen and oxygen atoms in total. The molecule has 1 N–H and O–H groups in total. The predicted octanol–water partition coefficient (Wildman–Crippen LogP) is 2.92. The summed E-state index contributed by atoms with van der Waals surface area (Å²) in [4.78, 5) is 4.40. The van der Waals surface area contributed by atoms with E-state index in [1.807, 2.05) is 18.3 Å². The highest BCUT2D eigenvalue weighted by Crippen LogP contribution is 2.30. The molecule has 2 aromatic heterocycles. The predicted molar refractivity (Wildman–Crippen MR) is 77.1 cm³/mol. The monoisotopic (exact) mass is 255 g/mol. The van der Waals surface area contributed by atoms with Crippen molar-refractivity contribution >= 4 is 0 Å². The largest absolute Gasteiger partial charge is 0.348 e. The highest BCUT2D eigenvalue weighted by Gasteiger charge is 2.21. The topological polar surface area (TPSA) is 29.9 Å². The molecule has 3 rings (SSSR count). The second-order valence-corrected chi connectivity index (χ2v) is 5.23. The summed E-state index contributed by atoms with van der Waals surface area (Å²) in [5, 5.41) is 3.59. The van der Waals surface area contributed by atoms with Crippen LogP contribution in [0.3, 0.4) is 0 Å². The Hall–Kier alpha value is -1.61. The van der Waals surface area contributed by atoms with E-state index >= 15 is 0 Å². The van der Waals surface area contributed by atoms with E-state index in [2.05, 4.69) is 40.3 Å². The summed E-state index contributed by atoms with van der Waals surface area (Å²) in [6.45, 7) is 4.08. The van der Waals surface area contributed by atoms with Crippen molar-refractivity contribution in [2.75, 3.05) is 6.54 Å². The number of hydrogen-bond donors (Lipinski definition) is 1. The fourth-order valence-corrected chi connectivity index (χ4v) is 2.98. The summed E-state index contributed by atoms with van der Waals surface area (Å²) in [6.07, 6.45) is 10.2. The summed E-state index contributed by atoms with van der Waals surface area (Å²) < 4.78 is 2.28. The van der Waals surface area contributed by atoms with E-state index in [4.69, 9.17) is 0 Å². The highest BCUT2D eigenvalue weighted by molar-refractivity contribution is 5.30. The van der Waals surface area contributed by atoms with E-state index in [1.165, 1.54) is 30.4 Å². The molecule has 1 aliphatic carbocycles. The lowest BCUT2D eigenvalue weighted by Gasteiger charge is -2.22. The molecular weight excluding hydrogens is 234 g/mol. The van der Waals surface area contributed by atoms with Gasteiger partial charge in [0, 0.05) is 24.6 Å². The molecule has 2 heterocycles. The van der Waals surface area contributed by atoms with Crippen molar-refractivity contribution in [2.24, 2.45) is 0 Å². The van der Waals surface area contributed by atoms with Gasteiger partial charge in [-0.3, -0.25) is 4.98 Å². The van der Waals surface area contributed by atoms with Crippen LogP contribution in [-0.2, 0) is 13.0 Å². The van der Waals surface area contributed by atoms with Gasteiger partial charge in [-0.25, -0.2) is 0 Å². The second-order valence-electron chi connectivity index (χ2n) is 5.23. The average Bonchev–Trinajstić information content (AvgIpc) is 2.84. The summed E-state index contributed by atoms with van der Waals surface area (Å²) >= 11 is 0. The lowest BCUT2D eigenvalue weighted by molar-refractivity contribution is 0.473. The van der Waals surface area contributed by atoms with Gasteiger partial charge in [0.05, 0.1) is 12.2 Å². The van der Waals surface area contributed by atoms with Crippen molar-refractivity contribution in [3.05, 3.63) is 53.6 Å². The summed E-state index contributed by atoms with van der Waals surface area (Å²) in [7, 11) is 0. The van der Waals surface area contributed by atoms with E-state index in [1.54, 1.807) is 0 Å². The molecule has 2 aromatic rings. The van der Waals surface area contributed by atoms with Gasteiger partial charge in [-0.1, -0.05) is 13.0 Å². The Kier molecular flexibility index (Phi) is 3.65. The maximum absolute atomic E-state index is 4.40. The molecule has 0 radical (unpaired) electrons. The van der Waals surface area contributed by atoms with Gasteiger partial charge in [0.1, 0.15) is 0 Å². The van der Waals surface area contributed by atoms with Crippen LogP contribution in [0.25, 0.3) is 0 Å². The number of fused-ring (bicyclic) bond motifs is 1. The minimum absolute atomic E-state index is 0.540. The Morgan fingerprint density at radius 3 is 3.11 bits per heavy atom. The van der Waals surface area contributed by atoms with Crippen LogP contribution < -0.4 is 5.32 Å². The molecule has 0 saturated heterocycles. The van der Waals surface area contributed by atoms with Crippen LogP contribution >= 0.6 is 0 Å². The molecule has 0 fully saturated rings. The van der Waals surface area contributed by atoms with Crippen molar-refractivity contribution in [1.29, 1.82) is 0 Å². The Balaban J connectivity index is 1.81. The maximum atomic E-state index is 4.40. The van der Waals surface area contributed by atoms with Crippen molar-refractivity contribution in [1.82, 2.24) is 14.9 Å². The first-order chi connectivity index (χ1) is 9.36. The summed E-state index contributed by atoms with van der Waals surface area (Å²) in [5.74, 6) is 0. The molecule has 3 heteroatoms. The van der Waals surface area contributed by atoms with Crippen LogP contribution in [0.2, 0.25) is 0 Å². The average molecular weight is 255 g/mol. The van der Waals surface area contributed by atoms with Crippen LogP contribution in [0.15, 0.2) is 36.8 Å². The lowest BCUT2D eigenvalue weighted by atomic mass is 9.91. The van der Waals surface area contributed by atoms with E-state index in [-0.39, 0.29) is 0 Å². The van der Waals surface area contributed by atoms with Gasteiger partial charge in [0.2, 0.25) is 0 Å². The molecule has 0 spiro atoms. The maximum Gasteiger partial charge on any atom is 0.0642 e. The number of hydrogen-bond acceptors (Lipinski definition) is 2. The molecule has 19 heavy (non-hydrogen) atoms. The van der Waals surface area contributed by atoms with Gasteiger partial charge < -0.3 is 9.88 Å². The standard InChI is InChI=1S/C16H21N3/c1-2-17-16-8-5-6-13-10-19(12-15(13)16)11-14-7-3-4-9-18-14/h3-4,7,9-10,12,16-17H,2,5-6,8,11H2,1H3. The van der Waals surface area contributed by atoms with E-state index in [9.17, 15) is 0 Å². The minimum atomic E-state index is 0.540. The number of aryl methyl sites for hydroxylation is 1. The lowest BCUT2D eigenvalue weighted by Crippen LogP contribution is -2.23. The molecule has 1 unspecified atom stereocenters. The molecule has 0 aromatic carbocycles. The molecule has 0 amide bonds. The Morgan fingerprint density at radius 1 is 1.37 bits per heavy atom. The Labute approximate surface area is 114 Å². The first-order valence-electron chi connectivity index (χ1n) is 7.18. The first-order valence-corrected chi connectivity index (χ1v) is 7.18. The van der Waals surface area contributed by atoms with Crippen molar-refractivity contribution < 1.29 is 0 Å². The number of nitrogens with one attached hydrogen (secondary N) is 1. The zero-order chi connectivity index (χ0) is 13.1. The fraction of sp³-hybridized carbons (Fsp3) is 0.438. The molecule has 0 saturated carbocycles. The fourth-order valence-electron chi connectivity index (χ4n) is 2.98. The normalized spacial score (nSPS) is 18.3. The number of rotatable bonds is 4. The quantitative estimate of drug-likeness (QED) is 0.910. The van der Waals surface area contributed by atoms with Crippen LogP contribution in [0.1, 0.15) is 42.6 Å². The molecular formula is C16H21N3. The third-order valence-electron chi connectivity index (χ3n) is 3.83. The van der Waals surface area contributed by atoms with Gasteiger partial charge in [0.25, 0.3) is 0 Å². The highest BCUT2D eigenvalue weighted by atomic mass is 15.0. The van der Waals surface area contributed by atoms with E-state index < -0.39 is 0 Å². The molecule has 0 bridgehead atoms. The summed E-state index contributed by atoms with van der Waals surface area (Å²) in [6, 6.07) is 6.64. The zero-order valence-corrected chi connectivity index (χ0v) is 11.5. The first kappa shape index (κ1) is 12.4. The molecule has 100 valence electrons. The van der Waals surface area contributed by atoms with Gasteiger partial charge in [0.15, 0.2) is 0 Å². The zero-order valence-electron chi connectivity index (χ0n) is 11.5. The van der Waals surface area contributed by atoms with Crippen molar-refractivity contribution in [2.45, 2.75) is 38.8 Å². The molecule has 1 atom stereocenters. The SMILES string of the molecule is CCNC1CCCc2cn(Cc3ccccn3)cc21. The smallest absolute Gasteiger partial charge is 0.0642 e. The number of nitrogens with zero attached hydrogens (tertiary/aromatic N) is 2. The Bertz CT molecular complexity index is 530. The minimum Gasteiger partial charge on any atom is -0.348 e. The van der Waals surface area contributed by atoms with Gasteiger partial charge in [-0.15, -0.1) is 0 Å². The van der Waals surface area contributed by atoms with Gasteiger partial charge in [-0.05, 0) is 49.1 Å². The number of pyridine rings is 1. The van der Waals surface area contributed by atoms with Crippen LogP contribution in [0, 0.1) is 0 Å². The van der Waals surface area contributed by atoms with Gasteiger partial charge in [-0.2, -0.15) is 0 Å². The third kappa shape index (κ3) is 2.71. The number of aromatic nitrogens is 2. The van der Waals surface area contributed by atoms with E-state index in [0.29, 0.717) is 6.04 Å². The third-order valence-corrected chi connectivity index (χ3v) is 3.83. The second kappa shape index (κ2) is 5.57. The molecule has 0 aliphatic heterocycles. The molecule has 1 aliphatic rings.